The van der Waals surface area contributed by atoms with Crippen molar-refractivity contribution in [1.29, 1.82) is 0 Å². The second-order valence-corrected chi connectivity index (χ2v) is 1.63. The Balaban J connectivity index is 3.01. The van der Waals surface area contributed by atoms with E-state index in [0.29, 0.717) is 0 Å². The van der Waals surface area contributed by atoms with Gasteiger partial charge in [0.2, 0.25) is 0 Å². The van der Waals surface area contributed by atoms with Gasteiger partial charge in [0.15, 0.2) is 0 Å². The van der Waals surface area contributed by atoms with Crippen LogP contribution in [0, 0.1) is 0 Å². The second kappa shape index (κ2) is 2.43. The summed E-state index contributed by atoms with van der Waals surface area (Å²) in [5.41, 5.74) is 0.0440. The van der Waals surface area contributed by atoms with E-state index in [0.717, 1.165) is 0 Å². The number of hydrogen-bond donors (Lipinski definition) is 1. The monoisotopic (exact) mass is 142 g/mol. The summed E-state index contributed by atoms with van der Waals surface area (Å²) in [6, 6.07) is 1.33. The van der Waals surface area contributed by atoms with Gasteiger partial charge in [-0.1, -0.05) is 0 Å². The first-order chi connectivity index (χ1) is 4.75. The van der Waals surface area contributed by atoms with Crippen LogP contribution < -0.4 is 4.74 Å². The highest BCUT2D eigenvalue weighted by Gasteiger charge is 2.12. The zero-order valence-corrected chi connectivity index (χ0v) is 5.33. The molecule has 1 heterocycles. The van der Waals surface area contributed by atoms with Crippen molar-refractivity contribution in [2.75, 3.05) is 7.11 Å². The third-order valence-corrected chi connectivity index (χ3v) is 1.05. The summed E-state index contributed by atoms with van der Waals surface area (Å²) >= 11 is 0. The quantitative estimate of drug-likeness (QED) is 0.668. The average molecular weight is 142 g/mol. The van der Waals surface area contributed by atoms with Crippen molar-refractivity contribution >= 4 is 5.97 Å². The fraction of sp³-hybridized carbons (Fsp3) is 0.167. The highest BCUT2D eigenvalue weighted by molar-refractivity contribution is 5.89. The van der Waals surface area contributed by atoms with Gasteiger partial charge in [-0.2, -0.15) is 0 Å². The molecule has 0 saturated heterocycles. The summed E-state index contributed by atoms with van der Waals surface area (Å²) in [5, 5.41) is 8.45. The van der Waals surface area contributed by atoms with Crippen molar-refractivity contribution in [2.24, 2.45) is 0 Å². The molecule has 0 aliphatic rings. The molecule has 0 unspecified atom stereocenters. The maximum Gasteiger partial charge on any atom is 0.343 e. The summed E-state index contributed by atoms with van der Waals surface area (Å²) in [6.45, 7) is 0. The third-order valence-electron chi connectivity index (χ3n) is 1.05. The van der Waals surface area contributed by atoms with Crippen LogP contribution >= 0.6 is 0 Å². The second-order valence-electron chi connectivity index (χ2n) is 1.63. The first kappa shape index (κ1) is 6.67. The smallest absolute Gasteiger partial charge is 0.343 e. The normalized spacial score (nSPS) is 9.30. The number of ether oxygens (including phenoxy) is 1. The lowest BCUT2D eigenvalue weighted by Gasteiger charge is -1.92. The molecule has 54 valence electrons. The van der Waals surface area contributed by atoms with Crippen LogP contribution in [0.2, 0.25) is 0 Å². The van der Waals surface area contributed by atoms with Gasteiger partial charge >= 0.3 is 5.97 Å². The van der Waals surface area contributed by atoms with Crippen LogP contribution in [0.1, 0.15) is 10.4 Å². The van der Waals surface area contributed by atoms with E-state index in [-0.39, 0.29) is 11.5 Å². The van der Waals surface area contributed by atoms with Gasteiger partial charge in [-0.3, -0.25) is 0 Å². The van der Waals surface area contributed by atoms with E-state index in [1.54, 1.807) is 0 Å². The maximum atomic E-state index is 10.3. The molecule has 0 atom stereocenters. The van der Waals surface area contributed by atoms with E-state index in [2.05, 4.69) is 9.15 Å². The molecular weight excluding hydrogens is 136 g/mol. The van der Waals surface area contributed by atoms with Crippen LogP contribution in [0.3, 0.4) is 0 Å². The summed E-state index contributed by atoms with van der Waals surface area (Å²) in [6.07, 6.45) is 1.27. The molecule has 0 aliphatic carbocycles. The maximum absolute atomic E-state index is 10.3. The van der Waals surface area contributed by atoms with Gasteiger partial charge in [-0.05, 0) is 6.07 Å². The zero-order chi connectivity index (χ0) is 7.56. The SMILES string of the molecule is COc1occc1C(=O)O. The number of methoxy groups -OCH3 is 1. The van der Waals surface area contributed by atoms with Crippen LogP contribution in [0.25, 0.3) is 0 Å². The van der Waals surface area contributed by atoms with E-state index < -0.39 is 5.97 Å². The summed E-state index contributed by atoms with van der Waals surface area (Å²) in [7, 11) is 1.35. The summed E-state index contributed by atoms with van der Waals surface area (Å²) in [4.78, 5) is 10.3. The number of hydrogen-bond acceptors (Lipinski definition) is 3. The third kappa shape index (κ3) is 0.953. The Labute approximate surface area is 57.0 Å². The number of furan rings is 1. The molecule has 4 heteroatoms. The van der Waals surface area contributed by atoms with Crippen molar-refractivity contribution in [1.82, 2.24) is 0 Å². The van der Waals surface area contributed by atoms with Crippen LogP contribution in [0.4, 0.5) is 0 Å². The molecule has 1 N–H and O–H groups in total. The fourth-order valence-electron chi connectivity index (χ4n) is 0.612. The van der Waals surface area contributed by atoms with Crippen molar-refractivity contribution in [3.8, 4) is 5.95 Å². The predicted octanol–water partition coefficient (Wildman–Crippen LogP) is 0.986. The molecule has 10 heavy (non-hydrogen) atoms. The van der Waals surface area contributed by atoms with Gasteiger partial charge in [-0.25, -0.2) is 4.79 Å². The Morgan fingerprint density at radius 2 is 2.50 bits per heavy atom. The van der Waals surface area contributed by atoms with Crippen molar-refractivity contribution in [3.05, 3.63) is 17.9 Å². The number of rotatable bonds is 2. The minimum Gasteiger partial charge on any atom is -0.477 e. The lowest BCUT2D eigenvalue weighted by molar-refractivity contribution is 0.0690. The van der Waals surface area contributed by atoms with Crippen molar-refractivity contribution in [3.63, 3.8) is 0 Å². The summed E-state index contributed by atoms with van der Waals surface area (Å²) in [5.74, 6) is -1.02. The Hall–Kier alpha value is -1.45. The Morgan fingerprint density at radius 3 is 2.90 bits per heavy atom. The topological polar surface area (TPSA) is 59.7 Å². The standard InChI is InChI=1S/C6H6O4/c1-9-6-4(5(7)8)2-3-10-6/h2-3H,1H3,(H,7,8). The van der Waals surface area contributed by atoms with Gasteiger partial charge in [-0.15, -0.1) is 0 Å². The average Bonchev–Trinajstić information content (AvgIpc) is 2.33. The van der Waals surface area contributed by atoms with Crippen LogP contribution in [0.15, 0.2) is 16.7 Å². The van der Waals surface area contributed by atoms with Crippen LogP contribution in [0.5, 0.6) is 5.95 Å². The van der Waals surface area contributed by atoms with Crippen molar-refractivity contribution < 1.29 is 19.1 Å². The Kier molecular flexibility index (Phi) is 1.62. The van der Waals surface area contributed by atoms with Gasteiger partial charge in [0.05, 0.1) is 13.4 Å². The minimum absolute atomic E-state index is 0.0347. The molecule has 0 aliphatic heterocycles. The van der Waals surface area contributed by atoms with E-state index in [4.69, 9.17) is 5.11 Å². The minimum atomic E-state index is -1.05. The first-order valence-corrected chi connectivity index (χ1v) is 2.60. The lowest BCUT2D eigenvalue weighted by Crippen LogP contribution is -1.96. The Morgan fingerprint density at radius 1 is 1.80 bits per heavy atom. The molecular formula is C6H6O4. The predicted molar refractivity (Wildman–Crippen MR) is 32.2 cm³/mol. The lowest BCUT2D eigenvalue weighted by atomic mass is 10.3. The molecule has 0 bridgehead atoms. The Bertz CT molecular complexity index is 238. The highest BCUT2D eigenvalue weighted by atomic mass is 16.6. The first-order valence-electron chi connectivity index (χ1n) is 2.60. The van der Waals surface area contributed by atoms with Crippen LogP contribution in [-0.2, 0) is 0 Å². The zero-order valence-electron chi connectivity index (χ0n) is 5.33. The van der Waals surface area contributed by atoms with E-state index in [9.17, 15) is 4.79 Å². The van der Waals surface area contributed by atoms with Gasteiger partial charge in [0.25, 0.3) is 5.95 Å². The molecule has 0 aromatic carbocycles. The molecule has 0 fully saturated rings. The fourth-order valence-corrected chi connectivity index (χ4v) is 0.612. The molecule has 1 rings (SSSR count). The van der Waals surface area contributed by atoms with E-state index in [1.807, 2.05) is 0 Å². The number of carbonyl (C=O) groups is 1. The van der Waals surface area contributed by atoms with Gasteiger partial charge in [0.1, 0.15) is 5.56 Å². The molecule has 4 nitrogen and oxygen atoms in total. The van der Waals surface area contributed by atoms with Gasteiger partial charge < -0.3 is 14.3 Å². The van der Waals surface area contributed by atoms with E-state index >= 15 is 0 Å². The molecule has 1 aromatic rings. The van der Waals surface area contributed by atoms with Crippen molar-refractivity contribution in [2.45, 2.75) is 0 Å². The molecule has 0 spiro atoms. The van der Waals surface area contributed by atoms with Crippen LogP contribution in [-0.4, -0.2) is 18.2 Å². The highest BCUT2D eigenvalue weighted by Crippen LogP contribution is 2.18. The molecule has 0 radical (unpaired) electrons. The molecule has 0 amide bonds. The number of carboxylic acid groups (broad SMARTS) is 1. The largest absolute Gasteiger partial charge is 0.477 e. The van der Waals surface area contributed by atoms with Gasteiger partial charge in [0, 0.05) is 0 Å². The number of carboxylic acids is 1. The van der Waals surface area contributed by atoms with E-state index in [1.165, 1.54) is 19.4 Å². The summed E-state index contributed by atoms with van der Waals surface area (Å²) < 4.78 is 9.27. The molecule has 1 aromatic heterocycles. The number of aromatic carboxylic acids is 1. The molecule has 0 saturated carbocycles.